The molecule has 0 bridgehead atoms. The molecule has 168 valence electrons. The monoisotopic (exact) mass is 488 g/mol. The first-order chi connectivity index (χ1) is 15.5. The summed E-state index contributed by atoms with van der Waals surface area (Å²) in [4.78, 5) is 7.15. The highest BCUT2D eigenvalue weighted by molar-refractivity contribution is 8.13. The number of rotatable bonds is 8. The molecule has 0 saturated heterocycles. The molecule has 0 fully saturated rings. The molecule has 0 atom stereocenters. The summed E-state index contributed by atoms with van der Waals surface area (Å²) in [6, 6.07) is 21.7. The molecule has 0 aliphatic carbocycles. The summed E-state index contributed by atoms with van der Waals surface area (Å²) < 4.78 is 10.6. The van der Waals surface area contributed by atoms with Gasteiger partial charge in [-0.3, -0.25) is 0 Å². The van der Waals surface area contributed by atoms with Crippen LogP contribution in [-0.4, -0.2) is 30.0 Å². The molecule has 0 aromatic heterocycles. The molecular weight excluding hydrogens is 463 g/mol. The number of nitrogens with zero attached hydrogens (tertiary/aromatic N) is 2. The van der Waals surface area contributed by atoms with Gasteiger partial charge in [-0.15, -0.1) is 0 Å². The number of thioether (sulfide) groups is 1. The van der Waals surface area contributed by atoms with Crippen LogP contribution >= 0.6 is 35.0 Å². The van der Waals surface area contributed by atoms with Crippen molar-refractivity contribution in [3.05, 3.63) is 87.9 Å². The van der Waals surface area contributed by atoms with Gasteiger partial charge in [0, 0.05) is 13.1 Å². The zero-order valence-corrected chi connectivity index (χ0v) is 20.7. The average molecular weight is 489 g/mol. The molecule has 0 aliphatic heterocycles. The van der Waals surface area contributed by atoms with Gasteiger partial charge in [0.05, 0.1) is 30.0 Å². The van der Waals surface area contributed by atoms with Crippen molar-refractivity contribution in [1.29, 1.82) is 0 Å². The number of methoxy groups -OCH3 is 2. The minimum atomic E-state index is 0.456. The van der Waals surface area contributed by atoms with Crippen molar-refractivity contribution in [2.24, 2.45) is 4.99 Å². The van der Waals surface area contributed by atoms with Crippen LogP contribution in [0.25, 0.3) is 0 Å². The quantitative estimate of drug-likeness (QED) is 0.243. The zero-order chi connectivity index (χ0) is 22.9. The van der Waals surface area contributed by atoms with Crippen LogP contribution in [0, 0.1) is 0 Å². The van der Waals surface area contributed by atoms with Gasteiger partial charge in [0.15, 0.2) is 5.17 Å². The summed E-state index contributed by atoms with van der Waals surface area (Å²) >= 11 is 14.3. The van der Waals surface area contributed by atoms with Crippen molar-refractivity contribution in [1.82, 2.24) is 4.90 Å². The van der Waals surface area contributed by atoms with Gasteiger partial charge in [0.25, 0.3) is 0 Å². The van der Waals surface area contributed by atoms with E-state index in [0.29, 0.717) is 28.8 Å². The first-order valence-corrected chi connectivity index (χ1v) is 11.9. The Morgan fingerprint density at radius 2 is 1.38 bits per heavy atom. The number of aliphatic imine (C=N–C) groups is 1. The van der Waals surface area contributed by atoms with E-state index in [9.17, 15) is 0 Å². The van der Waals surface area contributed by atoms with Crippen LogP contribution in [0.2, 0.25) is 10.0 Å². The van der Waals surface area contributed by atoms with E-state index in [0.717, 1.165) is 33.5 Å². The molecule has 3 aromatic rings. The molecular formula is C25H26Cl2N2O2S. The fourth-order valence-corrected chi connectivity index (χ4v) is 4.17. The molecule has 0 amide bonds. The van der Waals surface area contributed by atoms with Crippen LogP contribution in [-0.2, 0) is 13.1 Å². The van der Waals surface area contributed by atoms with Crippen LogP contribution in [0.4, 0.5) is 5.69 Å². The third-order valence-corrected chi connectivity index (χ3v) is 6.46. The van der Waals surface area contributed by atoms with E-state index in [-0.39, 0.29) is 0 Å². The number of hydrogen-bond acceptors (Lipinski definition) is 4. The van der Waals surface area contributed by atoms with Crippen LogP contribution in [0.3, 0.4) is 0 Å². The second-order valence-electron chi connectivity index (χ2n) is 6.95. The molecule has 3 rings (SSSR count). The maximum Gasteiger partial charge on any atom is 0.165 e. The first-order valence-electron chi connectivity index (χ1n) is 10.2. The number of hydrogen-bond donors (Lipinski definition) is 0. The Hall–Kier alpha value is -2.34. The van der Waals surface area contributed by atoms with Crippen LogP contribution in [0.15, 0.2) is 71.7 Å². The maximum atomic E-state index is 6.43. The van der Waals surface area contributed by atoms with Crippen molar-refractivity contribution in [3.63, 3.8) is 0 Å². The molecule has 0 spiro atoms. The Kier molecular flexibility index (Phi) is 9.15. The first kappa shape index (κ1) is 24.3. The molecule has 0 N–H and O–H groups in total. The molecule has 7 heteroatoms. The molecule has 3 aromatic carbocycles. The minimum Gasteiger partial charge on any atom is -0.497 e. The number of halogens is 2. The lowest BCUT2D eigenvalue weighted by atomic mass is 10.1. The Bertz CT molecular complexity index is 991. The van der Waals surface area contributed by atoms with E-state index in [1.54, 1.807) is 32.0 Å². The molecule has 32 heavy (non-hydrogen) atoms. The molecule has 0 radical (unpaired) electrons. The molecule has 0 heterocycles. The lowest BCUT2D eigenvalue weighted by Gasteiger charge is -2.26. The summed E-state index contributed by atoms with van der Waals surface area (Å²) in [7, 11) is 3.34. The fourth-order valence-electron chi connectivity index (χ4n) is 3.10. The standard InChI is InChI=1S/C25H26Cl2N2O2S/c1-4-32-25(28-23-7-5-6-22(26)24(23)27)29(16-18-8-12-20(30-2)13-9-18)17-19-10-14-21(31-3)15-11-19/h5-15H,4,16-17H2,1-3H3. The number of ether oxygens (including phenoxy) is 2. The van der Waals surface area contributed by atoms with E-state index in [4.69, 9.17) is 37.7 Å². The van der Waals surface area contributed by atoms with Crippen molar-refractivity contribution < 1.29 is 9.47 Å². The van der Waals surface area contributed by atoms with E-state index in [1.165, 1.54) is 0 Å². The fraction of sp³-hybridized carbons (Fsp3) is 0.240. The molecule has 0 unspecified atom stereocenters. The Morgan fingerprint density at radius 3 is 1.84 bits per heavy atom. The number of amidine groups is 1. The highest BCUT2D eigenvalue weighted by Crippen LogP contribution is 2.33. The van der Waals surface area contributed by atoms with E-state index in [1.807, 2.05) is 36.4 Å². The summed E-state index contributed by atoms with van der Waals surface area (Å²) in [5.41, 5.74) is 2.96. The van der Waals surface area contributed by atoms with Crippen LogP contribution in [0.1, 0.15) is 18.1 Å². The summed E-state index contributed by atoms with van der Waals surface area (Å²) in [6.45, 7) is 3.47. The minimum absolute atomic E-state index is 0.456. The third kappa shape index (κ3) is 6.58. The summed E-state index contributed by atoms with van der Waals surface area (Å²) in [6.07, 6.45) is 0. The van der Waals surface area contributed by atoms with Crippen LogP contribution in [0.5, 0.6) is 11.5 Å². The van der Waals surface area contributed by atoms with Gasteiger partial charge in [-0.1, -0.05) is 72.2 Å². The molecule has 0 aliphatic rings. The van der Waals surface area contributed by atoms with Gasteiger partial charge >= 0.3 is 0 Å². The maximum absolute atomic E-state index is 6.43. The highest BCUT2D eigenvalue weighted by Gasteiger charge is 2.15. The van der Waals surface area contributed by atoms with Crippen molar-refractivity contribution in [3.8, 4) is 11.5 Å². The largest absolute Gasteiger partial charge is 0.497 e. The van der Waals surface area contributed by atoms with Gasteiger partial charge in [-0.2, -0.15) is 0 Å². The summed E-state index contributed by atoms with van der Waals surface area (Å²) in [5, 5.41) is 1.83. The van der Waals surface area contributed by atoms with Gasteiger partial charge in [0.2, 0.25) is 0 Å². The van der Waals surface area contributed by atoms with E-state index < -0.39 is 0 Å². The van der Waals surface area contributed by atoms with Crippen molar-refractivity contribution in [2.75, 3.05) is 20.0 Å². The van der Waals surface area contributed by atoms with E-state index in [2.05, 4.69) is 36.1 Å². The second-order valence-corrected chi connectivity index (χ2v) is 8.97. The predicted molar refractivity (Wildman–Crippen MR) is 137 cm³/mol. The second kappa shape index (κ2) is 12.0. The topological polar surface area (TPSA) is 34.1 Å². The van der Waals surface area contributed by atoms with Gasteiger partial charge < -0.3 is 14.4 Å². The molecule has 4 nitrogen and oxygen atoms in total. The Balaban J connectivity index is 1.97. The molecule has 0 saturated carbocycles. The summed E-state index contributed by atoms with van der Waals surface area (Å²) in [5.74, 6) is 2.54. The normalized spacial score (nSPS) is 11.3. The Labute approximate surface area is 204 Å². The lowest BCUT2D eigenvalue weighted by molar-refractivity contribution is 0.405. The predicted octanol–water partition coefficient (Wildman–Crippen LogP) is 7.45. The number of benzene rings is 3. The lowest BCUT2D eigenvalue weighted by Crippen LogP contribution is -2.28. The van der Waals surface area contributed by atoms with Gasteiger partial charge in [0.1, 0.15) is 11.5 Å². The average Bonchev–Trinajstić information content (AvgIpc) is 2.82. The SMILES string of the molecule is CCSC(=Nc1cccc(Cl)c1Cl)N(Cc1ccc(OC)cc1)Cc1ccc(OC)cc1. The Morgan fingerprint density at radius 1 is 0.844 bits per heavy atom. The zero-order valence-electron chi connectivity index (χ0n) is 18.3. The van der Waals surface area contributed by atoms with Gasteiger partial charge in [-0.05, 0) is 53.3 Å². The van der Waals surface area contributed by atoms with E-state index >= 15 is 0 Å². The van der Waals surface area contributed by atoms with Crippen LogP contribution < -0.4 is 9.47 Å². The smallest absolute Gasteiger partial charge is 0.165 e. The highest BCUT2D eigenvalue weighted by atomic mass is 35.5. The van der Waals surface area contributed by atoms with Crippen molar-refractivity contribution in [2.45, 2.75) is 20.0 Å². The van der Waals surface area contributed by atoms with Crippen molar-refractivity contribution >= 4 is 45.8 Å². The third-order valence-electron chi connectivity index (χ3n) is 4.76. The van der Waals surface area contributed by atoms with Gasteiger partial charge in [-0.25, -0.2) is 4.99 Å².